The zero-order valence-electron chi connectivity index (χ0n) is 15.8. The van der Waals surface area contributed by atoms with Gasteiger partial charge in [-0.2, -0.15) is 0 Å². The van der Waals surface area contributed by atoms with Gasteiger partial charge in [-0.05, 0) is 13.3 Å². The molecule has 0 aliphatic carbocycles. The van der Waals surface area contributed by atoms with Crippen LogP contribution in [0.2, 0.25) is 0 Å². The molecule has 0 rings (SSSR count). The molecule has 1 atom stereocenters. The molecule has 10 heteroatoms. The molecule has 7 nitrogen and oxygen atoms in total. The smallest absolute Gasteiger partial charge is 0.726 e. The third kappa shape index (κ3) is 45.8. The van der Waals surface area contributed by atoms with Crippen molar-refractivity contribution in [3.63, 3.8) is 0 Å². The molecule has 0 aliphatic rings. The van der Waals surface area contributed by atoms with Crippen LogP contribution in [0.3, 0.4) is 0 Å². The van der Waals surface area contributed by atoms with Crippen LogP contribution in [0.25, 0.3) is 0 Å². The van der Waals surface area contributed by atoms with E-state index in [0.717, 1.165) is 12.8 Å². The van der Waals surface area contributed by atoms with Crippen LogP contribution in [0.5, 0.6) is 0 Å². The number of aliphatic hydroxyl groups excluding tert-OH is 2. The molecular formula is C15H34ClNaO7S. The van der Waals surface area contributed by atoms with Crippen molar-refractivity contribution >= 4 is 22.3 Å². The van der Waals surface area contributed by atoms with Gasteiger partial charge in [-0.3, -0.25) is 8.84 Å². The number of hydrogen-bond donors (Lipinski definition) is 3. The van der Waals surface area contributed by atoms with Crippen molar-refractivity contribution in [1.29, 1.82) is 0 Å². The van der Waals surface area contributed by atoms with Crippen molar-refractivity contribution < 1.29 is 61.6 Å². The van der Waals surface area contributed by atoms with Crippen LogP contribution >= 0.6 is 11.9 Å². The van der Waals surface area contributed by atoms with E-state index >= 15 is 0 Å². The summed E-state index contributed by atoms with van der Waals surface area (Å²) in [4.78, 5) is 0. The van der Waals surface area contributed by atoms with Crippen molar-refractivity contribution in [2.75, 3.05) is 13.2 Å². The van der Waals surface area contributed by atoms with E-state index in [1.165, 1.54) is 51.9 Å². The Kier molecular flexibility index (Phi) is 36.7. The van der Waals surface area contributed by atoms with Crippen LogP contribution in [0, 0.1) is 0 Å². The fourth-order valence-corrected chi connectivity index (χ4v) is 2.07. The van der Waals surface area contributed by atoms with Crippen LogP contribution < -0.4 is 29.6 Å². The molecule has 3 N–H and O–H groups in total. The largest absolute Gasteiger partial charge is 1.00 e. The minimum absolute atomic E-state index is 0. The van der Waals surface area contributed by atoms with Crippen molar-refractivity contribution in [2.45, 2.75) is 84.2 Å². The number of unbranched alkanes of at least 4 members (excludes halogenated alkanes) is 9. The van der Waals surface area contributed by atoms with Gasteiger partial charge >= 0.3 is 29.6 Å². The summed E-state index contributed by atoms with van der Waals surface area (Å²) in [5.41, 5.74) is 0. The molecule has 0 spiro atoms. The fourth-order valence-electron chi connectivity index (χ4n) is 1.75. The first kappa shape index (κ1) is 33.6. The second kappa shape index (κ2) is 27.3. The van der Waals surface area contributed by atoms with E-state index in [1.54, 1.807) is 0 Å². The van der Waals surface area contributed by atoms with E-state index < -0.39 is 16.5 Å². The fraction of sp³-hybridized carbons (Fsp3) is 1.00. The first-order valence-corrected chi connectivity index (χ1v) is 10.1. The molecule has 0 saturated carbocycles. The van der Waals surface area contributed by atoms with E-state index in [2.05, 4.69) is 23.0 Å². The van der Waals surface area contributed by atoms with Gasteiger partial charge in [-0.25, -0.2) is 8.42 Å². The zero-order valence-corrected chi connectivity index (χ0v) is 19.4. The third-order valence-electron chi connectivity index (χ3n) is 2.99. The molecule has 1 unspecified atom stereocenters. The molecule has 150 valence electrons. The summed E-state index contributed by atoms with van der Waals surface area (Å²) < 4.78 is 40.9. The van der Waals surface area contributed by atoms with Gasteiger partial charge in [0.2, 0.25) is 10.4 Å². The quantitative estimate of drug-likeness (QED) is 0.165. The first-order chi connectivity index (χ1) is 11.3. The molecule has 0 bridgehead atoms. The predicted molar refractivity (Wildman–Crippen MR) is 94.3 cm³/mol. The SMILES string of the molecule is CC(O)CO.CCCCCCCCCCCCOS(=O)(=O)[O-].OCl.[Na+]. The Hall–Kier alpha value is 1.04. The Labute approximate surface area is 180 Å². The van der Waals surface area contributed by atoms with Gasteiger partial charge in [0.05, 0.1) is 31.2 Å². The molecule has 0 aromatic heterocycles. The van der Waals surface area contributed by atoms with Crippen LogP contribution in [0.15, 0.2) is 0 Å². The Balaban J connectivity index is -0.000000236. The van der Waals surface area contributed by atoms with E-state index in [9.17, 15) is 13.0 Å². The monoisotopic (exact) mass is 416 g/mol. The molecule has 0 aromatic rings. The van der Waals surface area contributed by atoms with E-state index in [-0.39, 0.29) is 42.8 Å². The maximum absolute atomic E-state index is 10.1. The molecule has 0 fully saturated rings. The molecule has 25 heavy (non-hydrogen) atoms. The van der Waals surface area contributed by atoms with Crippen LogP contribution in [0.4, 0.5) is 0 Å². The van der Waals surface area contributed by atoms with Crippen LogP contribution in [-0.2, 0) is 14.6 Å². The summed E-state index contributed by atoms with van der Waals surface area (Å²) in [6.07, 6.45) is 11.1. The van der Waals surface area contributed by atoms with Gasteiger partial charge in [0.1, 0.15) is 0 Å². The van der Waals surface area contributed by atoms with Crippen LogP contribution in [-0.4, -0.2) is 47.2 Å². The zero-order chi connectivity index (χ0) is 19.3. The van der Waals surface area contributed by atoms with Gasteiger partial charge in [-0.1, -0.05) is 64.7 Å². The molecule has 0 amide bonds. The number of aliphatic hydroxyl groups is 2. The summed E-state index contributed by atoms with van der Waals surface area (Å²) in [6.45, 7) is 3.63. The Morgan fingerprint density at radius 1 is 0.960 bits per heavy atom. The standard InChI is InChI=1S/C12H26O4S.C3H8O2.ClHO.Na/c1-2-3-4-5-6-7-8-9-10-11-12-16-17(13,14)15;1-3(5)2-4;1-2;/h2-12H2,1H3,(H,13,14,15);3-5H,2H2,1H3;2H;/q;;;+1/p-1. The predicted octanol–water partition coefficient (Wildman–Crippen LogP) is -0.120. The summed E-state index contributed by atoms with van der Waals surface area (Å²) in [5, 5.41) is 16.0. The second-order valence-corrected chi connectivity index (χ2v) is 6.50. The van der Waals surface area contributed by atoms with Crippen molar-refractivity contribution in [2.24, 2.45) is 0 Å². The van der Waals surface area contributed by atoms with Gasteiger partial charge < -0.3 is 14.8 Å². The van der Waals surface area contributed by atoms with Gasteiger partial charge in [0, 0.05) is 0 Å². The maximum Gasteiger partial charge on any atom is 1.00 e. The Morgan fingerprint density at radius 3 is 1.56 bits per heavy atom. The topological polar surface area (TPSA) is 127 Å². The third-order valence-corrected chi connectivity index (χ3v) is 3.45. The van der Waals surface area contributed by atoms with Gasteiger partial charge in [0.15, 0.2) is 0 Å². The Morgan fingerprint density at radius 2 is 1.28 bits per heavy atom. The number of rotatable bonds is 13. The maximum atomic E-state index is 10.1. The molecule has 0 heterocycles. The number of halogens is 1. The summed E-state index contributed by atoms with van der Waals surface area (Å²) in [7, 11) is -4.48. The van der Waals surface area contributed by atoms with E-state index in [4.69, 9.17) is 14.9 Å². The Bertz CT molecular complexity index is 317. The first-order valence-electron chi connectivity index (χ1n) is 8.39. The van der Waals surface area contributed by atoms with Gasteiger partial charge in [0.25, 0.3) is 0 Å². The van der Waals surface area contributed by atoms with Gasteiger partial charge in [-0.15, -0.1) is 0 Å². The average Bonchev–Trinajstić information content (AvgIpc) is 2.54. The minimum Gasteiger partial charge on any atom is -0.726 e. The normalized spacial score (nSPS) is 11.3. The summed E-state index contributed by atoms with van der Waals surface area (Å²) in [6, 6.07) is 0. The second-order valence-electron chi connectivity index (χ2n) is 5.44. The summed E-state index contributed by atoms with van der Waals surface area (Å²) in [5.74, 6) is 0. The molecule has 0 radical (unpaired) electrons. The van der Waals surface area contributed by atoms with E-state index in [0.29, 0.717) is 6.42 Å². The van der Waals surface area contributed by atoms with Crippen molar-refractivity contribution in [3.05, 3.63) is 0 Å². The average molecular weight is 417 g/mol. The number of hydrogen-bond acceptors (Lipinski definition) is 7. The summed E-state index contributed by atoms with van der Waals surface area (Å²) >= 11 is 3.64. The van der Waals surface area contributed by atoms with Crippen LogP contribution in [0.1, 0.15) is 78.1 Å². The van der Waals surface area contributed by atoms with E-state index in [1.807, 2.05) is 0 Å². The molecule has 0 aromatic carbocycles. The molecule has 0 saturated heterocycles. The van der Waals surface area contributed by atoms with Crippen molar-refractivity contribution in [3.8, 4) is 0 Å². The van der Waals surface area contributed by atoms with Crippen molar-refractivity contribution in [1.82, 2.24) is 0 Å². The minimum atomic E-state index is -4.48. The molecular weight excluding hydrogens is 383 g/mol. The molecule has 0 aliphatic heterocycles.